The number of fused-ring (bicyclic) bond motifs is 1. The van der Waals surface area contributed by atoms with Crippen LogP contribution in [-0.2, 0) is 19.1 Å². The number of carbonyl (C=O) groups is 4. The van der Waals surface area contributed by atoms with Crippen LogP contribution in [0.15, 0.2) is 65.4 Å². The minimum Gasteiger partial charge on any atom is -0.478 e. The first-order valence-corrected chi connectivity index (χ1v) is 11.2. The maximum Gasteiger partial charge on any atom is 0.335 e. The van der Waals surface area contributed by atoms with E-state index in [2.05, 4.69) is 10.4 Å². The number of anilines is 1. The lowest BCUT2D eigenvalue weighted by Crippen LogP contribution is -2.29. The lowest BCUT2D eigenvalue weighted by Gasteiger charge is -2.13. The number of aromatic carboxylic acids is 1. The Balaban J connectivity index is 1.78. The first kappa shape index (κ1) is 24.4. The van der Waals surface area contributed by atoms with Crippen LogP contribution in [-0.4, -0.2) is 45.9 Å². The van der Waals surface area contributed by atoms with Gasteiger partial charge in [-0.3, -0.25) is 9.59 Å². The van der Waals surface area contributed by atoms with Gasteiger partial charge in [-0.2, -0.15) is 5.01 Å². The van der Waals surface area contributed by atoms with Gasteiger partial charge >= 0.3 is 11.9 Å². The van der Waals surface area contributed by atoms with Gasteiger partial charge in [0.25, 0.3) is 5.91 Å². The van der Waals surface area contributed by atoms with Gasteiger partial charge in [-0.25, -0.2) is 9.59 Å². The summed E-state index contributed by atoms with van der Waals surface area (Å²) in [6, 6.07) is 12.5. The number of amides is 2. The second kappa shape index (κ2) is 9.87. The van der Waals surface area contributed by atoms with Gasteiger partial charge in [0.2, 0.25) is 5.91 Å². The number of nitrogens with one attached hydrogen (secondary N) is 1. The minimum atomic E-state index is -1.09. The third kappa shape index (κ3) is 4.61. The summed E-state index contributed by atoms with van der Waals surface area (Å²) in [7, 11) is 0. The average Bonchev–Trinajstić information content (AvgIpc) is 3.37. The van der Waals surface area contributed by atoms with E-state index in [1.54, 1.807) is 30.7 Å². The van der Waals surface area contributed by atoms with Gasteiger partial charge in [-0.05, 0) is 50.3 Å². The first-order chi connectivity index (χ1) is 17.2. The van der Waals surface area contributed by atoms with Crippen molar-refractivity contribution in [3.63, 3.8) is 0 Å². The number of para-hydroxylation sites is 1. The van der Waals surface area contributed by atoms with Gasteiger partial charge in [-0.1, -0.05) is 18.2 Å². The molecule has 10 nitrogen and oxygen atoms in total. The molecule has 1 unspecified atom stereocenters. The summed E-state index contributed by atoms with van der Waals surface area (Å²) >= 11 is 0. The molecule has 2 heterocycles. The number of benzene rings is 2. The van der Waals surface area contributed by atoms with E-state index < -0.39 is 23.8 Å². The van der Waals surface area contributed by atoms with E-state index >= 15 is 0 Å². The molecule has 36 heavy (non-hydrogen) atoms. The number of ether oxygens (including phenoxy) is 1. The number of aromatic nitrogens is 1. The van der Waals surface area contributed by atoms with Gasteiger partial charge in [0.15, 0.2) is 5.84 Å². The maximum atomic E-state index is 13.4. The number of amidine groups is 1. The summed E-state index contributed by atoms with van der Waals surface area (Å²) in [6.45, 7) is 5.04. The molecule has 0 radical (unpaired) electrons. The Morgan fingerprint density at radius 3 is 2.47 bits per heavy atom. The van der Waals surface area contributed by atoms with Crippen molar-refractivity contribution in [3.8, 4) is 0 Å². The van der Waals surface area contributed by atoms with Crippen LogP contribution in [0.25, 0.3) is 17.0 Å². The number of hydrogen-bond donors (Lipinski definition) is 2. The van der Waals surface area contributed by atoms with E-state index in [0.29, 0.717) is 11.3 Å². The summed E-state index contributed by atoms with van der Waals surface area (Å²) in [6.07, 6.45) is 3.36. The van der Waals surface area contributed by atoms with Crippen LogP contribution in [0.2, 0.25) is 0 Å². The predicted molar refractivity (Wildman–Crippen MR) is 133 cm³/mol. The maximum absolute atomic E-state index is 13.4. The lowest BCUT2D eigenvalue weighted by atomic mass is 10.1. The quantitative estimate of drug-likeness (QED) is 0.404. The molecule has 1 aliphatic rings. The number of carboxylic acids is 1. The van der Waals surface area contributed by atoms with Crippen molar-refractivity contribution in [3.05, 3.63) is 71.4 Å². The Hall–Kier alpha value is -4.73. The molecule has 0 saturated heterocycles. The molecule has 4 rings (SSSR count). The van der Waals surface area contributed by atoms with E-state index in [9.17, 15) is 19.2 Å². The minimum absolute atomic E-state index is 0.0603. The van der Waals surface area contributed by atoms with Gasteiger partial charge in [0.1, 0.15) is 6.04 Å². The fourth-order valence-electron chi connectivity index (χ4n) is 3.92. The number of hydrogen-bond acceptors (Lipinski definition) is 6. The molecule has 2 aromatic carbocycles. The summed E-state index contributed by atoms with van der Waals surface area (Å²) < 4.78 is 6.95. The molecule has 1 aromatic heterocycles. The highest BCUT2D eigenvalue weighted by molar-refractivity contribution is 6.34. The molecule has 2 N–H and O–H groups in total. The number of rotatable bonds is 6. The largest absolute Gasteiger partial charge is 0.478 e. The van der Waals surface area contributed by atoms with Crippen molar-refractivity contribution in [2.24, 2.45) is 5.10 Å². The van der Waals surface area contributed by atoms with Crippen LogP contribution in [0.1, 0.15) is 42.7 Å². The number of carboxylic acid groups (broad SMARTS) is 1. The topological polar surface area (TPSA) is 130 Å². The second-order valence-corrected chi connectivity index (χ2v) is 8.09. The van der Waals surface area contributed by atoms with Crippen molar-refractivity contribution in [1.82, 2.24) is 9.88 Å². The van der Waals surface area contributed by atoms with Gasteiger partial charge in [-0.15, -0.1) is 5.10 Å². The highest BCUT2D eigenvalue weighted by Gasteiger charge is 2.32. The average molecular weight is 489 g/mol. The zero-order chi connectivity index (χ0) is 26.0. The first-order valence-electron chi connectivity index (χ1n) is 11.2. The van der Waals surface area contributed by atoms with E-state index in [1.165, 1.54) is 31.2 Å². The molecular formula is C26H24N4O6. The smallest absolute Gasteiger partial charge is 0.335 e. The zero-order valence-corrected chi connectivity index (χ0v) is 19.9. The van der Waals surface area contributed by atoms with Gasteiger partial charge < -0.3 is 19.7 Å². The molecule has 0 saturated carbocycles. The fraction of sp³-hybridized carbons (Fsp3) is 0.192. The Morgan fingerprint density at radius 1 is 1.14 bits per heavy atom. The number of carbonyl (C=O) groups excluding carboxylic acids is 3. The molecule has 10 heteroatoms. The molecule has 0 spiro atoms. The van der Waals surface area contributed by atoms with Gasteiger partial charge in [0.05, 0.1) is 23.4 Å². The van der Waals surface area contributed by atoms with E-state index in [0.717, 1.165) is 15.9 Å². The van der Waals surface area contributed by atoms with Crippen LogP contribution >= 0.6 is 0 Å². The number of nitrogens with zero attached hydrogens (tertiary/aromatic N) is 3. The van der Waals surface area contributed by atoms with E-state index in [-0.39, 0.29) is 29.5 Å². The van der Waals surface area contributed by atoms with Crippen molar-refractivity contribution >= 4 is 52.3 Å². The third-order valence-electron chi connectivity index (χ3n) is 5.65. The summed E-state index contributed by atoms with van der Waals surface area (Å²) in [5.41, 5.74) is 1.96. The summed E-state index contributed by atoms with van der Waals surface area (Å²) in [5.74, 6) is -2.33. The highest BCUT2D eigenvalue weighted by atomic mass is 16.5. The summed E-state index contributed by atoms with van der Waals surface area (Å²) in [5, 5.41) is 17.9. The molecule has 1 aliphatic heterocycles. The molecule has 0 fully saturated rings. The second-order valence-electron chi connectivity index (χ2n) is 8.09. The van der Waals surface area contributed by atoms with Crippen LogP contribution in [0, 0.1) is 0 Å². The van der Waals surface area contributed by atoms with Crippen LogP contribution in [0.5, 0.6) is 0 Å². The molecular weight excluding hydrogens is 464 g/mol. The number of esters is 1. The Bertz CT molecular complexity index is 1430. The number of hydrazone groups is 1. The summed E-state index contributed by atoms with van der Waals surface area (Å²) in [4.78, 5) is 48.8. The molecule has 0 bridgehead atoms. The van der Waals surface area contributed by atoms with Crippen molar-refractivity contribution < 1.29 is 29.0 Å². The molecule has 1 atom stereocenters. The fourth-order valence-corrected chi connectivity index (χ4v) is 3.92. The van der Waals surface area contributed by atoms with Crippen LogP contribution in [0.3, 0.4) is 0 Å². The normalized spacial score (nSPS) is 15.2. The zero-order valence-electron chi connectivity index (χ0n) is 19.9. The molecule has 3 aromatic rings. The standard InChI is InChI=1S/C26H24N4O6/c1-4-36-26(35)15(2)29-14-18(20-7-5-6-8-22(20)29)13-21-23(27-16(3)31)28-30(24(21)32)19-11-9-17(10-12-19)25(33)34/h5-15H,4H2,1-3H3,(H,33,34)(H,27,28,31). The Labute approximate surface area is 206 Å². The highest BCUT2D eigenvalue weighted by Crippen LogP contribution is 2.30. The SMILES string of the molecule is CCOC(=O)C(C)n1cc(C=C2C(=O)N(c3ccc(C(=O)O)cc3)N=C2NC(C)=O)c2ccccc21. The van der Waals surface area contributed by atoms with E-state index in [4.69, 9.17) is 9.84 Å². The molecule has 0 aliphatic carbocycles. The Kier molecular flexibility index (Phi) is 6.69. The molecule has 184 valence electrons. The monoisotopic (exact) mass is 488 g/mol. The lowest BCUT2D eigenvalue weighted by molar-refractivity contribution is -0.146. The van der Waals surface area contributed by atoms with Gasteiger partial charge in [0, 0.05) is 29.6 Å². The van der Waals surface area contributed by atoms with Crippen LogP contribution in [0.4, 0.5) is 5.69 Å². The van der Waals surface area contributed by atoms with Crippen LogP contribution < -0.4 is 10.3 Å². The van der Waals surface area contributed by atoms with E-state index in [1.807, 2.05) is 24.3 Å². The molecule has 2 amide bonds. The van der Waals surface area contributed by atoms with Crippen molar-refractivity contribution in [2.45, 2.75) is 26.8 Å². The van der Waals surface area contributed by atoms with Crippen molar-refractivity contribution in [2.75, 3.05) is 11.6 Å². The van der Waals surface area contributed by atoms with Crippen molar-refractivity contribution in [1.29, 1.82) is 0 Å². The predicted octanol–water partition coefficient (Wildman–Crippen LogP) is 3.34. The Morgan fingerprint density at radius 2 is 1.83 bits per heavy atom. The third-order valence-corrected chi connectivity index (χ3v) is 5.65.